The summed E-state index contributed by atoms with van der Waals surface area (Å²) in [5.41, 5.74) is 6.18. The molecule has 3 aliphatic heterocycles. The van der Waals surface area contributed by atoms with Crippen LogP contribution in [-0.2, 0) is 4.74 Å². The lowest BCUT2D eigenvalue weighted by atomic mass is 9.92. The molecule has 3 aliphatic rings. The zero-order valence-electron chi connectivity index (χ0n) is 10.4. The Kier molecular flexibility index (Phi) is 3.39. The summed E-state index contributed by atoms with van der Waals surface area (Å²) >= 11 is 0. The van der Waals surface area contributed by atoms with Gasteiger partial charge in [-0.05, 0) is 32.1 Å². The van der Waals surface area contributed by atoms with Crippen LogP contribution in [0.3, 0.4) is 0 Å². The van der Waals surface area contributed by atoms with Crippen LogP contribution in [0.4, 0.5) is 0 Å². The average molecular weight is 240 g/mol. The summed E-state index contributed by atoms with van der Waals surface area (Å²) < 4.78 is 5.55. The minimum atomic E-state index is -0.0694. The van der Waals surface area contributed by atoms with E-state index in [1.165, 1.54) is 12.8 Å². The molecule has 3 saturated heterocycles. The zero-order valence-corrected chi connectivity index (χ0v) is 10.4. The fourth-order valence-electron chi connectivity index (χ4n) is 3.82. The van der Waals surface area contributed by atoms with Gasteiger partial charge in [0, 0.05) is 37.2 Å². The van der Waals surface area contributed by atoms with Crippen LogP contribution in [0.5, 0.6) is 0 Å². The molecule has 4 nitrogen and oxygen atoms in total. The first-order valence-corrected chi connectivity index (χ1v) is 7.01. The van der Waals surface area contributed by atoms with Gasteiger partial charge >= 0.3 is 0 Å². The van der Waals surface area contributed by atoms with E-state index in [1.807, 2.05) is 0 Å². The third-order valence-electron chi connectivity index (χ3n) is 4.84. The van der Waals surface area contributed by atoms with Crippen molar-refractivity contribution in [3.8, 4) is 0 Å². The molecule has 3 fully saturated rings. The van der Waals surface area contributed by atoms with Crippen LogP contribution in [0, 0.1) is 5.92 Å². The SMILES string of the molecule is NC1CCOCC1CN1C2CCC1CC(O)C2. The molecule has 3 rings (SSSR count). The molecule has 0 aliphatic carbocycles. The highest BCUT2D eigenvalue weighted by Gasteiger charge is 2.41. The van der Waals surface area contributed by atoms with Gasteiger partial charge in [-0.1, -0.05) is 0 Å². The fourth-order valence-corrected chi connectivity index (χ4v) is 3.82. The Bertz CT molecular complexity index is 260. The van der Waals surface area contributed by atoms with Crippen molar-refractivity contribution in [2.24, 2.45) is 11.7 Å². The minimum absolute atomic E-state index is 0.0694. The Morgan fingerprint density at radius 1 is 1.18 bits per heavy atom. The quantitative estimate of drug-likeness (QED) is 0.730. The highest BCUT2D eigenvalue weighted by molar-refractivity contribution is 4.96. The molecule has 0 aromatic carbocycles. The number of aliphatic hydroxyl groups is 1. The highest BCUT2D eigenvalue weighted by atomic mass is 16.5. The van der Waals surface area contributed by atoms with Crippen molar-refractivity contribution in [3.63, 3.8) is 0 Å². The number of piperidine rings is 1. The van der Waals surface area contributed by atoms with Crippen molar-refractivity contribution in [1.82, 2.24) is 4.90 Å². The summed E-state index contributed by atoms with van der Waals surface area (Å²) in [6.45, 7) is 2.71. The summed E-state index contributed by atoms with van der Waals surface area (Å²) in [7, 11) is 0. The summed E-state index contributed by atoms with van der Waals surface area (Å²) in [6.07, 6.45) is 5.35. The number of nitrogens with zero attached hydrogens (tertiary/aromatic N) is 1. The Morgan fingerprint density at radius 2 is 1.88 bits per heavy atom. The van der Waals surface area contributed by atoms with Gasteiger partial charge < -0.3 is 15.6 Å². The largest absolute Gasteiger partial charge is 0.393 e. The third kappa shape index (κ3) is 2.36. The molecule has 0 saturated carbocycles. The normalized spacial score (nSPS) is 47.3. The summed E-state index contributed by atoms with van der Waals surface area (Å²) in [5, 5.41) is 9.79. The predicted molar refractivity (Wildman–Crippen MR) is 65.7 cm³/mol. The Balaban J connectivity index is 1.61. The van der Waals surface area contributed by atoms with E-state index in [2.05, 4.69) is 4.90 Å². The summed E-state index contributed by atoms with van der Waals surface area (Å²) in [6, 6.07) is 1.49. The Labute approximate surface area is 103 Å². The van der Waals surface area contributed by atoms with Crippen LogP contribution in [0.25, 0.3) is 0 Å². The van der Waals surface area contributed by atoms with E-state index < -0.39 is 0 Å². The first kappa shape index (κ1) is 11.9. The number of ether oxygens (including phenoxy) is 1. The van der Waals surface area contributed by atoms with Gasteiger partial charge in [0.25, 0.3) is 0 Å². The van der Waals surface area contributed by atoms with Crippen molar-refractivity contribution in [2.45, 2.75) is 56.3 Å². The van der Waals surface area contributed by atoms with Crippen LogP contribution in [-0.4, -0.2) is 54.0 Å². The average Bonchev–Trinajstić information content (AvgIpc) is 2.56. The van der Waals surface area contributed by atoms with Crippen molar-refractivity contribution < 1.29 is 9.84 Å². The lowest BCUT2D eigenvalue weighted by Crippen LogP contribution is -2.51. The van der Waals surface area contributed by atoms with Gasteiger partial charge in [0.2, 0.25) is 0 Å². The second-order valence-corrected chi connectivity index (χ2v) is 5.99. The molecule has 4 heteroatoms. The first-order chi connectivity index (χ1) is 8.24. The Hall–Kier alpha value is -0.160. The fraction of sp³-hybridized carbons (Fsp3) is 1.00. The molecule has 3 heterocycles. The molecular formula is C13H24N2O2. The maximum atomic E-state index is 9.79. The molecule has 0 amide bonds. The van der Waals surface area contributed by atoms with Gasteiger partial charge in [-0.2, -0.15) is 0 Å². The van der Waals surface area contributed by atoms with Crippen molar-refractivity contribution in [3.05, 3.63) is 0 Å². The third-order valence-corrected chi connectivity index (χ3v) is 4.84. The van der Waals surface area contributed by atoms with Crippen molar-refractivity contribution >= 4 is 0 Å². The number of fused-ring (bicyclic) bond motifs is 2. The number of hydrogen-bond acceptors (Lipinski definition) is 4. The van der Waals surface area contributed by atoms with Gasteiger partial charge in [-0.3, -0.25) is 4.90 Å². The van der Waals surface area contributed by atoms with Crippen molar-refractivity contribution in [1.29, 1.82) is 0 Å². The molecule has 4 atom stereocenters. The van der Waals surface area contributed by atoms with E-state index in [0.717, 1.165) is 39.0 Å². The number of aliphatic hydroxyl groups excluding tert-OH is 1. The number of hydrogen-bond donors (Lipinski definition) is 2. The molecule has 17 heavy (non-hydrogen) atoms. The van der Waals surface area contributed by atoms with Gasteiger partial charge in [0.15, 0.2) is 0 Å². The van der Waals surface area contributed by atoms with Crippen LogP contribution < -0.4 is 5.73 Å². The number of rotatable bonds is 2. The molecule has 0 aromatic rings. The summed E-state index contributed by atoms with van der Waals surface area (Å²) in [4.78, 5) is 2.60. The van der Waals surface area contributed by atoms with Gasteiger partial charge in [0.1, 0.15) is 0 Å². The van der Waals surface area contributed by atoms with Crippen LogP contribution in [0.2, 0.25) is 0 Å². The van der Waals surface area contributed by atoms with E-state index >= 15 is 0 Å². The van der Waals surface area contributed by atoms with E-state index in [9.17, 15) is 5.11 Å². The zero-order chi connectivity index (χ0) is 11.8. The van der Waals surface area contributed by atoms with Crippen LogP contribution >= 0.6 is 0 Å². The maximum absolute atomic E-state index is 9.79. The van der Waals surface area contributed by atoms with Gasteiger partial charge in [0.05, 0.1) is 12.7 Å². The van der Waals surface area contributed by atoms with E-state index in [0.29, 0.717) is 24.0 Å². The lowest BCUT2D eigenvalue weighted by molar-refractivity contribution is -0.0103. The molecular weight excluding hydrogens is 216 g/mol. The van der Waals surface area contributed by atoms with Gasteiger partial charge in [-0.15, -0.1) is 0 Å². The smallest absolute Gasteiger partial charge is 0.0570 e. The van der Waals surface area contributed by atoms with Gasteiger partial charge in [-0.25, -0.2) is 0 Å². The molecule has 0 radical (unpaired) electrons. The van der Waals surface area contributed by atoms with Crippen LogP contribution in [0.15, 0.2) is 0 Å². The topological polar surface area (TPSA) is 58.7 Å². The van der Waals surface area contributed by atoms with Crippen LogP contribution in [0.1, 0.15) is 32.1 Å². The maximum Gasteiger partial charge on any atom is 0.0570 e. The minimum Gasteiger partial charge on any atom is -0.393 e. The first-order valence-electron chi connectivity index (χ1n) is 7.01. The molecule has 0 spiro atoms. The molecule has 3 N–H and O–H groups in total. The predicted octanol–water partition coefficient (Wildman–Crippen LogP) is 0.338. The molecule has 98 valence electrons. The Morgan fingerprint density at radius 3 is 2.53 bits per heavy atom. The second kappa shape index (κ2) is 4.84. The molecule has 2 bridgehead atoms. The highest BCUT2D eigenvalue weighted by Crippen LogP contribution is 2.36. The molecule has 0 aromatic heterocycles. The van der Waals surface area contributed by atoms with E-state index in [4.69, 9.17) is 10.5 Å². The number of nitrogens with two attached hydrogens (primary N) is 1. The lowest BCUT2D eigenvalue weighted by Gasteiger charge is -2.41. The summed E-state index contributed by atoms with van der Waals surface area (Å²) in [5.74, 6) is 0.488. The second-order valence-electron chi connectivity index (χ2n) is 5.99. The van der Waals surface area contributed by atoms with E-state index in [1.54, 1.807) is 0 Å². The van der Waals surface area contributed by atoms with Crippen molar-refractivity contribution in [2.75, 3.05) is 19.8 Å². The monoisotopic (exact) mass is 240 g/mol. The molecule has 4 unspecified atom stereocenters. The standard InChI is InChI=1S/C13H24N2O2/c14-13-3-4-17-8-9(13)7-15-10-1-2-11(15)6-12(16)5-10/h9-13,16H,1-8,14H2. The van der Waals surface area contributed by atoms with E-state index in [-0.39, 0.29) is 6.10 Å².